The van der Waals surface area contributed by atoms with Gasteiger partial charge in [-0.1, -0.05) is 56.3 Å². The molecule has 29 heavy (non-hydrogen) atoms. The zero-order valence-electron chi connectivity index (χ0n) is 18.0. The standard InChI is InChI=1S/C25H35NO2.ClH/c1-19(2)24-10-9-20(3)15-25(24)28-18-23(27)17-26-13-11-22(12-14-26)16-21-7-5-4-6-8-21;/h4-10,15,19,22-23,27H,11-14,16-18H2,1-3H3;1H/p-1. The first-order chi connectivity index (χ1) is 13.5. The number of halogens is 1. The van der Waals surface area contributed by atoms with Crippen LogP contribution in [0.4, 0.5) is 0 Å². The van der Waals surface area contributed by atoms with Gasteiger partial charge in [-0.25, -0.2) is 0 Å². The van der Waals surface area contributed by atoms with Crippen molar-refractivity contribution >= 4 is 0 Å². The lowest BCUT2D eigenvalue weighted by Crippen LogP contribution is -3.00. The molecule has 0 bridgehead atoms. The summed E-state index contributed by atoms with van der Waals surface area (Å²) in [6.07, 6.45) is 3.13. The number of aryl methyl sites for hydroxylation is 1. The van der Waals surface area contributed by atoms with E-state index in [1.165, 1.54) is 36.0 Å². The van der Waals surface area contributed by atoms with Crippen LogP contribution < -0.4 is 17.1 Å². The van der Waals surface area contributed by atoms with Crippen molar-refractivity contribution in [1.29, 1.82) is 0 Å². The van der Waals surface area contributed by atoms with Gasteiger partial charge in [0.05, 0.1) is 0 Å². The van der Waals surface area contributed by atoms with Crippen molar-refractivity contribution in [2.45, 2.75) is 52.1 Å². The van der Waals surface area contributed by atoms with E-state index < -0.39 is 6.10 Å². The minimum absolute atomic E-state index is 0. The van der Waals surface area contributed by atoms with Crippen LogP contribution >= 0.6 is 0 Å². The number of hydrogen-bond acceptors (Lipinski definition) is 3. The first-order valence-electron chi connectivity index (χ1n) is 10.7. The lowest BCUT2D eigenvalue weighted by atomic mass is 9.90. The summed E-state index contributed by atoms with van der Waals surface area (Å²) in [6.45, 7) is 9.61. The van der Waals surface area contributed by atoms with Crippen LogP contribution in [0.2, 0.25) is 0 Å². The second-order valence-corrected chi connectivity index (χ2v) is 8.59. The van der Waals surface area contributed by atoms with Crippen LogP contribution in [-0.2, 0) is 6.42 Å². The van der Waals surface area contributed by atoms with Gasteiger partial charge >= 0.3 is 0 Å². The highest BCUT2D eigenvalue weighted by Crippen LogP contribution is 2.28. The van der Waals surface area contributed by atoms with E-state index in [0.717, 1.165) is 24.8 Å². The largest absolute Gasteiger partial charge is 1.00 e. The number of rotatable bonds is 8. The fraction of sp³-hybridized carbons (Fsp3) is 0.520. The van der Waals surface area contributed by atoms with Crippen LogP contribution in [0.25, 0.3) is 0 Å². The number of likely N-dealkylation sites (tertiary alicyclic amines) is 1. The molecule has 0 saturated carbocycles. The summed E-state index contributed by atoms with van der Waals surface area (Å²) in [5.41, 5.74) is 3.84. The highest BCUT2D eigenvalue weighted by atomic mass is 35.5. The van der Waals surface area contributed by atoms with Gasteiger partial charge in [0.15, 0.2) is 0 Å². The first kappa shape index (κ1) is 23.7. The van der Waals surface area contributed by atoms with Crippen LogP contribution in [-0.4, -0.2) is 42.4 Å². The number of aliphatic hydroxyl groups is 1. The molecular weight excluding hydrogens is 382 g/mol. The van der Waals surface area contributed by atoms with Gasteiger partial charge < -0.3 is 27.2 Å². The topological polar surface area (TPSA) is 32.7 Å². The molecule has 0 radical (unpaired) electrons. The molecule has 2 aromatic rings. The highest BCUT2D eigenvalue weighted by molar-refractivity contribution is 5.39. The molecule has 2 aromatic carbocycles. The third kappa shape index (κ3) is 7.33. The first-order valence-corrected chi connectivity index (χ1v) is 10.7. The van der Waals surface area contributed by atoms with Gasteiger partial charge in [-0.2, -0.15) is 0 Å². The molecule has 1 heterocycles. The lowest BCUT2D eigenvalue weighted by molar-refractivity contribution is -0.00000820. The fourth-order valence-electron chi connectivity index (χ4n) is 4.10. The van der Waals surface area contributed by atoms with Gasteiger partial charge in [-0.3, -0.25) is 0 Å². The molecule has 0 aliphatic carbocycles. The van der Waals surface area contributed by atoms with E-state index in [2.05, 4.69) is 74.2 Å². The predicted molar refractivity (Wildman–Crippen MR) is 116 cm³/mol. The molecule has 1 saturated heterocycles. The molecule has 0 spiro atoms. The van der Waals surface area contributed by atoms with Crippen LogP contribution in [0.1, 0.15) is 49.3 Å². The van der Waals surface area contributed by atoms with Crippen molar-refractivity contribution in [3.05, 3.63) is 65.2 Å². The van der Waals surface area contributed by atoms with Crippen LogP contribution in [0.15, 0.2) is 48.5 Å². The summed E-state index contributed by atoms with van der Waals surface area (Å²) >= 11 is 0. The molecule has 0 amide bonds. The maximum Gasteiger partial charge on any atom is 0.123 e. The quantitative estimate of drug-likeness (QED) is 0.712. The number of aliphatic hydroxyl groups excluding tert-OH is 1. The zero-order chi connectivity index (χ0) is 19.9. The Kier molecular flexibility index (Phi) is 9.48. The van der Waals surface area contributed by atoms with Crippen molar-refractivity contribution in [2.75, 3.05) is 26.2 Å². The molecule has 3 rings (SSSR count). The van der Waals surface area contributed by atoms with Crippen LogP contribution in [0.3, 0.4) is 0 Å². The summed E-state index contributed by atoms with van der Waals surface area (Å²) in [5.74, 6) is 2.08. The van der Waals surface area contributed by atoms with E-state index >= 15 is 0 Å². The third-order valence-corrected chi connectivity index (χ3v) is 5.77. The molecule has 1 aliphatic heterocycles. The van der Waals surface area contributed by atoms with Gasteiger partial charge in [0.1, 0.15) is 18.5 Å². The number of piperidine rings is 1. The predicted octanol–water partition coefficient (Wildman–Crippen LogP) is 1.82. The monoisotopic (exact) mass is 416 g/mol. The highest BCUT2D eigenvalue weighted by Gasteiger charge is 2.21. The fourth-order valence-corrected chi connectivity index (χ4v) is 4.10. The number of nitrogens with zero attached hydrogens (tertiary/aromatic N) is 1. The summed E-state index contributed by atoms with van der Waals surface area (Å²) in [7, 11) is 0. The van der Waals surface area contributed by atoms with Crippen molar-refractivity contribution in [3.63, 3.8) is 0 Å². The van der Waals surface area contributed by atoms with Crippen molar-refractivity contribution < 1.29 is 22.3 Å². The maximum absolute atomic E-state index is 10.5. The Morgan fingerprint density at radius 2 is 1.76 bits per heavy atom. The van der Waals surface area contributed by atoms with Crippen molar-refractivity contribution in [3.8, 4) is 5.75 Å². The summed E-state index contributed by atoms with van der Waals surface area (Å²) in [5, 5.41) is 10.5. The van der Waals surface area contributed by atoms with Crippen LogP contribution in [0.5, 0.6) is 5.75 Å². The molecule has 3 nitrogen and oxygen atoms in total. The third-order valence-electron chi connectivity index (χ3n) is 5.77. The molecule has 0 aromatic heterocycles. The summed E-state index contributed by atoms with van der Waals surface area (Å²) < 4.78 is 6.01. The number of benzene rings is 2. The minimum Gasteiger partial charge on any atom is -1.00 e. The van der Waals surface area contributed by atoms with E-state index in [1.807, 2.05) is 0 Å². The van der Waals surface area contributed by atoms with Gasteiger partial charge in [0, 0.05) is 6.54 Å². The number of hydrogen-bond donors (Lipinski definition) is 1. The molecule has 1 unspecified atom stereocenters. The molecule has 1 atom stereocenters. The molecule has 1 N–H and O–H groups in total. The average molecular weight is 417 g/mol. The Bertz CT molecular complexity index is 727. The lowest BCUT2D eigenvalue weighted by Gasteiger charge is -2.33. The molecule has 4 heteroatoms. The average Bonchev–Trinajstić information content (AvgIpc) is 2.68. The van der Waals surface area contributed by atoms with E-state index in [0.29, 0.717) is 19.1 Å². The second-order valence-electron chi connectivity index (χ2n) is 8.59. The van der Waals surface area contributed by atoms with Gasteiger partial charge in [-0.15, -0.1) is 0 Å². The zero-order valence-corrected chi connectivity index (χ0v) is 18.7. The Balaban J connectivity index is 0.00000300. The van der Waals surface area contributed by atoms with Crippen molar-refractivity contribution in [1.82, 2.24) is 4.90 Å². The normalized spacial score (nSPS) is 16.4. The van der Waals surface area contributed by atoms with Gasteiger partial charge in [0.2, 0.25) is 0 Å². The number of β-amino-alcohol motifs (C(OH)–C–C–N with tert-alkyl or cyclic N) is 1. The second kappa shape index (κ2) is 11.6. The SMILES string of the molecule is Cc1ccc(C(C)C)c(OCC(O)CN2CCC(Cc3ccccc3)CC2)c1.[Cl-]. The number of ether oxygens (including phenoxy) is 1. The molecule has 1 aliphatic rings. The van der Waals surface area contributed by atoms with Gasteiger partial charge in [0.25, 0.3) is 0 Å². The molecule has 160 valence electrons. The molecule has 1 fully saturated rings. The summed E-state index contributed by atoms with van der Waals surface area (Å²) in [4.78, 5) is 2.38. The maximum atomic E-state index is 10.5. The minimum atomic E-state index is -0.453. The van der Waals surface area contributed by atoms with E-state index in [1.54, 1.807) is 0 Å². The van der Waals surface area contributed by atoms with E-state index in [9.17, 15) is 5.11 Å². The van der Waals surface area contributed by atoms with Crippen LogP contribution in [0, 0.1) is 12.8 Å². The van der Waals surface area contributed by atoms with Gasteiger partial charge in [-0.05, 0) is 73.9 Å². The Morgan fingerprint density at radius 1 is 1.07 bits per heavy atom. The Hall–Kier alpha value is -1.55. The molecular formula is C25H35ClNO2-. The smallest absolute Gasteiger partial charge is 0.123 e. The van der Waals surface area contributed by atoms with E-state index in [4.69, 9.17) is 4.74 Å². The Labute approximate surface area is 182 Å². The van der Waals surface area contributed by atoms with Crippen molar-refractivity contribution in [2.24, 2.45) is 5.92 Å². The summed E-state index contributed by atoms with van der Waals surface area (Å²) in [6, 6.07) is 17.1. The Morgan fingerprint density at radius 3 is 2.41 bits per heavy atom. The van der Waals surface area contributed by atoms with E-state index in [-0.39, 0.29) is 12.4 Å².